The molecule has 134 valence electrons. The molecule has 26 heavy (non-hydrogen) atoms. The van der Waals surface area contributed by atoms with Gasteiger partial charge in [0, 0.05) is 17.7 Å². The average Bonchev–Trinajstić information content (AvgIpc) is 3.08. The highest BCUT2D eigenvalue weighted by atomic mass is 16.7. The van der Waals surface area contributed by atoms with E-state index in [1.54, 1.807) is 18.2 Å². The number of nitrogens with zero attached hydrogens (tertiary/aromatic N) is 1. The quantitative estimate of drug-likeness (QED) is 0.599. The smallest absolute Gasteiger partial charge is 0.305 e. The van der Waals surface area contributed by atoms with Crippen molar-refractivity contribution >= 4 is 17.6 Å². The van der Waals surface area contributed by atoms with Crippen molar-refractivity contribution in [3.05, 3.63) is 63.7 Å². The van der Waals surface area contributed by atoms with Gasteiger partial charge in [0.15, 0.2) is 11.5 Å². The number of hydrogen-bond acceptors (Lipinski definition) is 6. The molecule has 1 aliphatic heterocycles. The third-order valence-electron chi connectivity index (χ3n) is 3.80. The molecule has 0 radical (unpaired) electrons. The number of ether oxygens (including phenoxy) is 2. The van der Waals surface area contributed by atoms with Crippen molar-refractivity contribution in [3.8, 4) is 11.5 Å². The topological polar surface area (TPSA) is 128 Å². The molecule has 0 aromatic heterocycles. The van der Waals surface area contributed by atoms with Gasteiger partial charge in [0.2, 0.25) is 6.79 Å². The van der Waals surface area contributed by atoms with E-state index in [0.29, 0.717) is 17.1 Å². The number of carbonyl (C=O) groups is 2. The summed E-state index contributed by atoms with van der Waals surface area (Å²) in [5.74, 6) is -0.722. The van der Waals surface area contributed by atoms with E-state index in [-0.39, 0.29) is 24.5 Å². The highest BCUT2D eigenvalue weighted by molar-refractivity contribution is 5.95. The van der Waals surface area contributed by atoms with Crippen LogP contribution in [0.2, 0.25) is 0 Å². The molecule has 1 atom stereocenters. The van der Waals surface area contributed by atoms with Gasteiger partial charge < -0.3 is 19.9 Å². The summed E-state index contributed by atoms with van der Waals surface area (Å²) in [6.45, 7) is 0.0719. The van der Waals surface area contributed by atoms with Crippen LogP contribution in [-0.2, 0) is 4.79 Å². The minimum absolute atomic E-state index is 0.0651. The molecule has 0 saturated heterocycles. The molecule has 2 N–H and O–H groups in total. The number of nitro benzene ring substituents is 1. The summed E-state index contributed by atoms with van der Waals surface area (Å²) in [4.78, 5) is 33.9. The molecule has 9 heteroatoms. The van der Waals surface area contributed by atoms with Crippen LogP contribution < -0.4 is 14.8 Å². The van der Waals surface area contributed by atoms with E-state index in [0.717, 1.165) is 6.07 Å². The van der Waals surface area contributed by atoms with Crippen LogP contribution in [0.1, 0.15) is 28.4 Å². The van der Waals surface area contributed by atoms with E-state index >= 15 is 0 Å². The van der Waals surface area contributed by atoms with Gasteiger partial charge in [0.05, 0.1) is 17.4 Å². The number of benzene rings is 2. The van der Waals surface area contributed by atoms with Gasteiger partial charge in [0.1, 0.15) is 0 Å². The van der Waals surface area contributed by atoms with Crippen molar-refractivity contribution in [2.75, 3.05) is 6.79 Å². The molecule has 0 saturated carbocycles. The molecule has 0 fully saturated rings. The summed E-state index contributed by atoms with van der Waals surface area (Å²) >= 11 is 0. The van der Waals surface area contributed by atoms with Crippen molar-refractivity contribution in [3.63, 3.8) is 0 Å². The minimum Gasteiger partial charge on any atom is -0.481 e. The third kappa shape index (κ3) is 3.72. The Labute approximate surface area is 147 Å². The Hall–Kier alpha value is -3.62. The second-order valence-electron chi connectivity index (χ2n) is 5.54. The Morgan fingerprint density at radius 1 is 1.19 bits per heavy atom. The molecule has 0 bridgehead atoms. The molecule has 1 amide bonds. The number of carboxylic acid groups (broad SMARTS) is 1. The summed E-state index contributed by atoms with van der Waals surface area (Å²) in [6, 6.07) is 9.23. The van der Waals surface area contributed by atoms with Gasteiger partial charge in [-0.3, -0.25) is 19.7 Å². The molecule has 2 aromatic carbocycles. The summed E-state index contributed by atoms with van der Waals surface area (Å²) in [6.07, 6.45) is -0.361. The fourth-order valence-electron chi connectivity index (χ4n) is 2.56. The fraction of sp³-hybridized carbons (Fsp3) is 0.176. The Balaban J connectivity index is 1.84. The predicted molar refractivity (Wildman–Crippen MR) is 88.1 cm³/mol. The number of aliphatic carboxylic acids is 1. The van der Waals surface area contributed by atoms with Gasteiger partial charge >= 0.3 is 5.97 Å². The molecule has 0 aliphatic carbocycles. The SMILES string of the molecule is O=C(O)C[C@@H](NC(=O)c1cccc([N+](=O)[O-])c1)c1ccc2c(c1)OCO2. The van der Waals surface area contributed by atoms with Crippen molar-refractivity contribution in [1.82, 2.24) is 5.32 Å². The van der Waals surface area contributed by atoms with Crippen molar-refractivity contribution in [1.29, 1.82) is 0 Å². The van der Waals surface area contributed by atoms with Crippen LogP contribution >= 0.6 is 0 Å². The van der Waals surface area contributed by atoms with Crippen LogP contribution in [-0.4, -0.2) is 28.7 Å². The second-order valence-corrected chi connectivity index (χ2v) is 5.54. The Kier molecular flexibility index (Phi) is 4.70. The zero-order valence-corrected chi connectivity index (χ0v) is 13.4. The van der Waals surface area contributed by atoms with E-state index < -0.39 is 22.8 Å². The van der Waals surface area contributed by atoms with Crippen LogP contribution in [0.25, 0.3) is 0 Å². The second kappa shape index (κ2) is 7.09. The van der Waals surface area contributed by atoms with E-state index in [4.69, 9.17) is 14.6 Å². The largest absolute Gasteiger partial charge is 0.481 e. The number of carboxylic acids is 1. The number of carbonyl (C=O) groups excluding carboxylic acids is 1. The fourth-order valence-corrected chi connectivity index (χ4v) is 2.56. The lowest BCUT2D eigenvalue weighted by atomic mass is 10.0. The van der Waals surface area contributed by atoms with Gasteiger partial charge in [0.25, 0.3) is 11.6 Å². The van der Waals surface area contributed by atoms with Crippen molar-refractivity contribution in [2.24, 2.45) is 0 Å². The lowest BCUT2D eigenvalue weighted by molar-refractivity contribution is -0.384. The zero-order valence-electron chi connectivity index (χ0n) is 13.4. The zero-order chi connectivity index (χ0) is 18.7. The maximum Gasteiger partial charge on any atom is 0.305 e. The number of non-ortho nitro benzene ring substituents is 1. The number of amides is 1. The molecule has 9 nitrogen and oxygen atoms in total. The van der Waals surface area contributed by atoms with Crippen LogP contribution in [0.4, 0.5) is 5.69 Å². The van der Waals surface area contributed by atoms with Crippen LogP contribution in [0, 0.1) is 10.1 Å². The monoisotopic (exact) mass is 358 g/mol. The number of hydrogen-bond donors (Lipinski definition) is 2. The highest BCUT2D eigenvalue weighted by Gasteiger charge is 2.23. The highest BCUT2D eigenvalue weighted by Crippen LogP contribution is 2.35. The first-order valence-corrected chi connectivity index (χ1v) is 7.60. The van der Waals surface area contributed by atoms with Gasteiger partial charge in [-0.05, 0) is 23.8 Å². The predicted octanol–water partition coefficient (Wildman–Crippen LogP) is 2.27. The first-order chi connectivity index (χ1) is 12.4. The first kappa shape index (κ1) is 17.2. The van der Waals surface area contributed by atoms with E-state index in [2.05, 4.69) is 5.32 Å². The molecular weight excluding hydrogens is 344 g/mol. The van der Waals surface area contributed by atoms with E-state index in [9.17, 15) is 19.7 Å². The summed E-state index contributed by atoms with van der Waals surface area (Å²) in [5, 5.41) is 22.6. The van der Waals surface area contributed by atoms with Crippen LogP contribution in [0.5, 0.6) is 11.5 Å². The average molecular weight is 358 g/mol. The Morgan fingerprint density at radius 2 is 1.96 bits per heavy atom. The lowest BCUT2D eigenvalue weighted by Gasteiger charge is -2.18. The number of rotatable bonds is 6. The molecule has 0 spiro atoms. The molecule has 1 aliphatic rings. The summed E-state index contributed by atoms with van der Waals surface area (Å²) < 4.78 is 10.5. The van der Waals surface area contributed by atoms with Crippen molar-refractivity contribution < 1.29 is 29.1 Å². The minimum atomic E-state index is -1.10. The normalized spacial score (nSPS) is 13.1. The first-order valence-electron chi connectivity index (χ1n) is 7.60. The summed E-state index contributed by atoms with van der Waals surface area (Å²) in [7, 11) is 0. The van der Waals surface area contributed by atoms with Crippen LogP contribution in [0.15, 0.2) is 42.5 Å². The number of fused-ring (bicyclic) bond motifs is 1. The molecule has 3 rings (SSSR count). The van der Waals surface area contributed by atoms with Gasteiger partial charge in [-0.1, -0.05) is 12.1 Å². The van der Waals surface area contributed by atoms with Crippen molar-refractivity contribution in [2.45, 2.75) is 12.5 Å². The number of nitro groups is 1. The summed E-state index contributed by atoms with van der Waals surface area (Å²) in [5.41, 5.74) is 0.362. The Morgan fingerprint density at radius 3 is 2.69 bits per heavy atom. The molecule has 0 unspecified atom stereocenters. The standard InChI is InChI=1S/C17H14N2O7/c20-16(21)8-13(10-4-5-14-15(7-10)26-9-25-14)18-17(22)11-2-1-3-12(6-11)19(23)24/h1-7,13H,8-9H2,(H,18,22)(H,20,21)/t13-/m1/s1. The Bertz CT molecular complexity index is 881. The van der Waals surface area contributed by atoms with Gasteiger partial charge in [-0.15, -0.1) is 0 Å². The number of nitrogens with one attached hydrogen (secondary N) is 1. The maximum atomic E-state index is 12.4. The molecular formula is C17H14N2O7. The molecule has 1 heterocycles. The van der Waals surface area contributed by atoms with E-state index in [1.165, 1.54) is 18.2 Å². The van der Waals surface area contributed by atoms with Crippen LogP contribution in [0.3, 0.4) is 0 Å². The lowest BCUT2D eigenvalue weighted by Crippen LogP contribution is -2.30. The van der Waals surface area contributed by atoms with Gasteiger partial charge in [-0.2, -0.15) is 0 Å². The maximum absolute atomic E-state index is 12.4. The van der Waals surface area contributed by atoms with Gasteiger partial charge in [-0.25, -0.2) is 0 Å². The molecule has 2 aromatic rings. The van der Waals surface area contributed by atoms with E-state index in [1.807, 2.05) is 0 Å². The third-order valence-corrected chi connectivity index (χ3v) is 3.80.